The monoisotopic (exact) mass is 249 g/mol. The van der Waals surface area contributed by atoms with Crippen molar-refractivity contribution in [3.8, 4) is 11.5 Å². The lowest BCUT2D eigenvalue weighted by molar-refractivity contribution is 0.0919. The molecule has 0 radical (unpaired) electrons. The van der Waals surface area contributed by atoms with Gasteiger partial charge in [0.05, 0.1) is 0 Å². The van der Waals surface area contributed by atoms with Crippen molar-refractivity contribution in [2.45, 2.75) is 13.3 Å². The van der Waals surface area contributed by atoms with Gasteiger partial charge in [0.2, 0.25) is 5.89 Å². The van der Waals surface area contributed by atoms with E-state index >= 15 is 0 Å². The Morgan fingerprint density at radius 3 is 3.00 bits per heavy atom. The zero-order chi connectivity index (χ0) is 13.0. The van der Waals surface area contributed by atoms with Crippen molar-refractivity contribution >= 4 is 5.91 Å². The Morgan fingerprint density at radius 2 is 2.28 bits per heavy atom. The predicted octanol–water partition coefficient (Wildman–Crippen LogP) is 2.02. The van der Waals surface area contributed by atoms with E-state index in [1.165, 1.54) is 18.2 Å². The number of amides is 1. The Morgan fingerprint density at radius 1 is 1.44 bits per heavy atom. The van der Waals surface area contributed by atoms with Crippen molar-refractivity contribution < 1.29 is 13.6 Å². The fourth-order valence-corrected chi connectivity index (χ4v) is 1.37. The highest BCUT2D eigenvalue weighted by molar-refractivity contribution is 5.89. The number of carbonyl (C=O) groups is 1. The summed E-state index contributed by atoms with van der Waals surface area (Å²) in [5.41, 5.74) is 0.442. The molecule has 1 aromatic heterocycles. The first-order valence-electron chi connectivity index (χ1n) is 5.58. The number of hydrogen-bond donors (Lipinski definition) is 1. The number of hydrogen-bond acceptors (Lipinski definition) is 4. The van der Waals surface area contributed by atoms with Gasteiger partial charge in [-0.1, -0.05) is 13.0 Å². The van der Waals surface area contributed by atoms with Gasteiger partial charge >= 0.3 is 11.8 Å². The van der Waals surface area contributed by atoms with Crippen LogP contribution in [0, 0.1) is 5.82 Å². The lowest BCUT2D eigenvalue weighted by atomic mass is 10.2. The van der Waals surface area contributed by atoms with Crippen LogP contribution >= 0.6 is 0 Å². The first kappa shape index (κ1) is 12.2. The van der Waals surface area contributed by atoms with Gasteiger partial charge in [0.25, 0.3) is 0 Å². The van der Waals surface area contributed by atoms with Gasteiger partial charge in [0.15, 0.2) is 0 Å². The molecule has 94 valence electrons. The highest BCUT2D eigenvalue weighted by Crippen LogP contribution is 2.18. The molecule has 0 aliphatic heterocycles. The van der Waals surface area contributed by atoms with Crippen LogP contribution in [0.15, 0.2) is 28.7 Å². The van der Waals surface area contributed by atoms with Crippen molar-refractivity contribution in [1.29, 1.82) is 0 Å². The molecule has 1 amide bonds. The average Bonchev–Trinajstić information content (AvgIpc) is 2.85. The molecular weight excluding hydrogens is 237 g/mol. The number of benzene rings is 1. The van der Waals surface area contributed by atoms with Crippen LogP contribution in [0.5, 0.6) is 0 Å². The quantitative estimate of drug-likeness (QED) is 0.900. The van der Waals surface area contributed by atoms with Crippen LogP contribution < -0.4 is 5.32 Å². The minimum absolute atomic E-state index is 0.121. The highest BCUT2D eigenvalue weighted by atomic mass is 19.1. The van der Waals surface area contributed by atoms with E-state index in [1.54, 1.807) is 6.07 Å². The normalized spacial score (nSPS) is 10.3. The molecule has 1 heterocycles. The van der Waals surface area contributed by atoms with E-state index in [0.717, 1.165) is 6.42 Å². The summed E-state index contributed by atoms with van der Waals surface area (Å²) in [4.78, 5) is 11.5. The van der Waals surface area contributed by atoms with E-state index in [2.05, 4.69) is 15.5 Å². The molecule has 18 heavy (non-hydrogen) atoms. The number of nitrogens with one attached hydrogen (secondary N) is 1. The number of rotatable bonds is 4. The zero-order valence-corrected chi connectivity index (χ0v) is 9.81. The van der Waals surface area contributed by atoms with Gasteiger partial charge in [-0.25, -0.2) is 4.39 Å². The molecule has 5 nitrogen and oxygen atoms in total. The maximum absolute atomic E-state index is 13.0. The van der Waals surface area contributed by atoms with Crippen molar-refractivity contribution in [1.82, 2.24) is 15.5 Å². The summed E-state index contributed by atoms with van der Waals surface area (Å²) in [5, 5.41) is 9.95. The maximum atomic E-state index is 13.0. The average molecular weight is 249 g/mol. The molecule has 0 saturated carbocycles. The molecule has 0 aliphatic rings. The van der Waals surface area contributed by atoms with Gasteiger partial charge < -0.3 is 9.73 Å². The molecule has 0 fully saturated rings. The Hall–Kier alpha value is -2.24. The molecule has 1 N–H and O–H groups in total. The van der Waals surface area contributed by atoms with Crippen LogP contribution in [0.4, 0.5) is 4.39 Å². The fraction of sp³-hybridized carbons (Fsp3) is 0.250. The number of aromatic nitrogens is 2. The highest BCUT2D eigenvalue weighted by Gasteiger charge is 2.15. The first-order valence-corrected chi connectivity index (χ1v) is 5.58. The number of halogens is 1. The van der Waals surface area contributed by atoms with Crippen LogP contribution in [0.2, 0.25) is 0 Å². The second-order valence-electron chi connectivity index (χ2n) is 3.68. The van der Waals surface area contributed by atoms with E-state index < -0.39 is 11.7 Å². The second-order valence-corrected chi connectivity index (χ2v) is 3.68. The minimum atomic E-state index is -0.424. The van der Waals surface area contributed by atoms with Crippen molar-refractivity contribution in [2.75, 3.05) is 6.54 Å². The van der Waals surface area contributed by atoms with Gasteiger partial charge in [-0.05, 0) is 24.6 Å². The first-order chi connectivity index (χ1) is 8.70. The summed E-state index contributed by atoms with van der Waals surface area (Å²) >= 11 is 0. The predicted molar refractivity (Wildman–Crippen MR) is 62.3 cm³/mol. The van der Waals surface area contributed by atoms with Crippen LogP contribution in [-0.4, -0.2) is 22.6 Å². The van der Waals surface area contributed by atoms with E-state index in [9.17, 15) is 9.18 Å². The standard InChI is InChI=1S/C12H12FN3O2/c1-2-6-14-10(17)12-16-15-11(18-12)8-4-3-5-9(13)7-8/h3-5,7H,2,6H2,1H3,(H,14,17). The van der Waals surface area contributed by atoms with Crippen LogP contribution in [0.1, 0.15) is 24.0 Å². The molecule has 2 aromatic rings. The summed E-state index contributed by atoms with van der Waals surface area (Å²) in [6, 6.07) is 5.74. The van der Waals surface area contributed by atoms with Crippen LogP contribution in [0.3, 0.4) is 0 Å². The molecule has 2 rings (SSSR count). The van der Waals surface area contributed by atoms with E-state index in [-0.39, 0.29) is 11.8 Å². The third-order valence-corrected chi connectivity index (χ3v) is 2.23. The zero-order valence-electron chi connectivity index (χ0n) is 9.81. The van der Waals surface area contributed by atoms with Gasteiger partial charge in [-0.15, -0.1) is 10.2 Å². The third kappa shape index (κ3) is 2.71. The lowest BCUT2D eigenvalue weighted by Gasteiger charge is -1.97. The summed E-state index contributed by atoms with van der Waals surface area (Å²) in [5.74, 6) is -0.825. The Kier molecular flexibility index (Phi) is 3.66. The van der Waals surface area contributed by atoms with Crippen LogP contribution in [0.25, 0.3) is 11.5 Å². The minimum Gasteiger partial charge on any atom is -0.412 e. The Bertz CT molecular complexity index is 554. The van der Waals surface area contributed by atoms with Gasteiger partial charge in [0.1, 0.15) is 5.82 Å². The topological polar surface area (TPSA) is 68.0 Å². The second kappa shape index (κ2) is 5.39. The molecule has 0 atom stereocenters. The van der Waals surface area contributed by atoms with E-state index in [1.807, 2.05) is 6.92 Å². The summed E-state index contributed by atoms with van der Waals surface area (Å²) < 4.78 is 18.2. The van der Waals surface area contributed by atoms with E-state index in [0.29, 0.717) is 12.1 Å². The summed E-state index contributed by atoms with van der Waals surface area (Å²) in [6.45, 7) is 2.47. The molecule has 0 unspecified atom stereocenters. The van der Waals surface area contributed by atoms with Gasteiger partial charge in [-0.3, -0.25) is 4.79 Å². The number of nitrogens with zero attached hydrogens (tertiary/aromatic N) is 2. The van der Waals surface area contributed by atoms with Crippen LogP contribution in [-0.2, 0) is 0 Å². The van der Waals surface area contributed by atoms with Crippen molar-refractivity contribution in [3.05, 3.63) is 36.0 Å². The SMILES string of the molecule is CCCNC(=O)c1nnc(-c2cccc(F)c2)o1. The molecule has 6 heteroatoms. The maximum Gasteiger partial charge on any atom is 0.308 e. The van der Waals surface area contributed by atoms with Gasteiger partial charge in [0, 0.05) is 12.1 Å². The smallest absolute Gasteiger partial charge is 0.308 e. The largest absolute Gasteiger partial charge is 0.412 e. The lowest BCUT2D eigenvalue weighted by Crippen LogP contribution is -2.24. The van der Waals surface area contributed by atoms with Crippen molar-refractivity contribution in [2.24, 2.45) is 0 Å². The Labute approximate surface area is 103 Å². The van der Waals surface area contributed by atoms with Gasteiger partial charge in [-0.2, -0.15) is 0 Å². The molecule has 0 bridgehead atoms. The molecule has 0 spiro atoms. The number of carbonyl (C=O) groups excluding carboxylic acids is 1. The van der Waals surface area contributed by atoms with E-state index in [4.69, 9.17) is 4.42 Å². The van der Waals surface area contributed by atoms with Crippen molar-refractivity contribution in [3.63, 3.8) is 0 Å². The fourth-order valence-electron chi connectivity index (χ4n) is 1.37. The third-order valence-electron chi connectivity index (χ3n) is 2.23. The summed E-state index contributed by atoms with van der Waals surface area (Å²) in [7, 11) is 0. The Balaban J connectivity index is 2.17. The molecular formula is C12H12FN3O2. The molecule has 0 aliphatic carbocycles. The molecule has 0 saturated heterocycles. The molecule has 1 aromatic carbocycles. The summed E-state index contributed by atoms with van der Waals surface area (Å²) in [6.07, 6.45) is 0.816.